The summed E-state index contributed by atoms with van der Waals surface area (Å²) in [5.41, 5.74) is 0.0629. The van der Waals surface area contributed by atoms with Gasteiger partial charge >= 0.3 is 0 Å². The molecule has 1 aromatic heterocycles. The molecular formula is C9H4F2N2O2. The molecule has 76 valence electrons. The predicted molar refractivity (Wildman–Crippen MR) is 45.0 cm³/mol. The molecule has 0 aliphatic carbocycles. The molecule has 0 spiro atoms. The van der Waals surface area contributed by atoms with Crippen LogP contribution >= 0.6 is 0 Å². The maximum atomic E-state index is 12.9. The molecule has 2 rings (SSSR count). The lowest BCUT2D eigenvalue weighted by molar-refractivity contribution is 0.112. The van der Waals surface area contributed by atoms with Crippen molar-refractivity contribution in [3.05, 3.63) is 35.7 Å². The van der Waals surface area contributed by atoms with E-state index in [1.54, 1.807) is 0 Å². The van der Waals surface area contributed by atoms with E-state index >= 15 is 0 Å². The van der Waals surface area contributed by atoms with E-state index in [2.05, 4.69) is 14.7 Å². The molecule has 0 amide bonds. The van der Waals surface area contributed by atoms with Crippen molar-refractivity contribution in [2.45, 2.75) is 0 Å². The highest BCUT2D eigenvalue weighted by Crippen LogP contribution is 2.21. The van der Waals surface area contributed by atoms with Gasteiger partial charge in [-0.05, 0) is 12.1 Å². The summed E-state index contributed by atoms with van der Waals surface area (Å²) in [6.45, 7) is 0. The minimum atomic E-state index is -1.09. The van der Waals surface area contributed by atoms with Crippen LogP contribution in [0.1, 0.15) is 10.4 Å². The van der Waals surface area contributed by atoms with Gasteiger partial charge in [0, 0.05) is 11.1 Å². The number of carbonyl (C=O) groups excluding carboxylic acids is 1. The van der Waals surface area contributed by atoms with Crippen molar-refractivity contribution in [3.8, 4) is 11.4 Å². The molecular weight excluding hydrogens is 206 g/mol. The van der Waals surface area contributed by atoms with Crippen molar-refractivity contribution in [3.63, 3.8) is 0 Å². The van der Waals surface area contributed by atoms with E-state index in [1.165, 1.54) is 0 Å². The fraction of sp³-hybridized carbons (Fsp3) is 0. The lowest BCUT2D eigenvalue weighted by Gasteiger charge is -2.00. The number of benzene rings is 1. The highest BCUT2D eigenvalue weighted by atomic mass is 19.2. The number of hydrogen-bond acceptors (Lipinski definition) is 4. The van der Waals surface area contributed by atoms with Crippen molar-refractivity contribution in [2.75, 3.05) is 0 Å². The maximum Gasteiger partial charge on any atom is 0.214 e. The molecule has 2 aromatic rings. The third-order valence-electron chi connectivity index (χ3n) is 1.82. The van der Waals surface area contributed by atoms with Gasteiger partial charge in [-0.15, -0.1) is 0 Å². The first kappa shape index (κ1) is 9.45. The molecule has 0 radical (unpaired) electrons. The lowest BCUT2D eigenvalue weighted by Crippen LogP contribution is -1.94. The Morgan fingerprint density at radius 1 is 1.27 bits per heavy atom. The van der Waals surface area contributed by atoms with Gasteiger partial charge in [-0.1, -0.05) is 5.16 Å². The summed E-state index contributed by atoms with van der Waals surface area (Å²) in [5, 5.41) is 3.43. The highest BCUT2D eigenvalue weighted by molar-refractivity contribution is 5.85. The van der Waals surface area contributed by atoms with Crippen LogP contribution in [0.5, 0.6) is 0 Å². The number of halogens is 2. The Labute approximate surface area is 82.5 Å². The second-order valence-corrected chi connectivity index (χ2v) is 2.73. The van der Waals surface area contributed by atoms with E-state index in [4.69, 9.17) is 0 Å². The summed E-state index contributed by atoms with van der Waals surface area (Å²) in [6.07, 6.45) is 1.43. The van der Waals surface area contributed by atoms with Gasteiger partial charge in [0.05, 0.1) is 0 Å². The Hall–Kier alpha value is -2.11. The van der Waals surface area contributed by atoms with E-state index in [1.807, 2.05) is 0 Å². The zero-order chi connectivity index (χ0) is 10.8. The normalized spacial score (nSPS) is 10.3. The summed E-state index contributed by atoms with van der Waals surface area (Å²) in [6, 6.07) is 1.64. The van der Waals surface area contributed by atoms with Crippen molar-refractivity contribution >= 4 is 6.29 Å². The predicted octanol–water partition coefficient (Wildman–Crippen LogP) is 1.83. The Kier molecular flexibility index (Phi) is 2.24. The van der Waals surface area contributed by atoms with Crippen molar-refractivity contribution < 1.29 is 18.1 Å². The third-order valence-corrected chi connectivity index (χ3v) is 1.82. The van der Waals surface area contributed by atoms with Crippen molar-refractivity contribution in [1.82, 2.24) is 10.1 Å². The van der Waals surface area contributed by atoms with Gasteiger partial charge in [-0.2, -0.15) is 4.98 Å². The first-order valence-electron chi connectivity index (χ1n) is 3.93. The summed E-state index contributed by atoms with van der Waals surface area (Å²) < 4.78 is 30.1. The summed E-state index contributed by atoms with van der Waals surface area (Å²) in [5.74, 6) is -2.12. The molecule has 15 heavy (non-hydrogen) atoms. The number of rotatable bonds is 2. The van der Waals surface area contributed by atoms with Crippen LogP contribution in [0.25, 0.3) is 11.4 Å². The number of hydrogen-bond donors (Lipinski definition) is 0. The SMILES string of the molecule is O=Cc1cc(F)c(F)cc1-c1ncon1. The quantitative estimate of drug-likeness (QED) is 0.709. The van der Waals surface area contributed by atoms with Crippen LogP contribution in [0.3, 0.4) is 0 Å². The first-order chi connectivity index (χ1) is 7.22. The lowest BCUT2D eigenvalue weighted by atomic mass is 10.1. The van der Waals surface area contributed by atoms with Gasteiger partial charge in [0.1, 0.15) is 0 Å². The van der Waals surface area contributed by atoms with E-state index in [-0.39, 0.29) is 17.0 Å². The fourth-order valence-corrected chi connectivity index (χ4v) is 1.14. The van der Waals surface area contributed by atoms with Gasteiger partial charge in [0.25, 0.3) is 0 Å². The van der Waals surface area contributed by atoms with Crippen LogP contribution in [0, 0.1) is 11.6 Å². The molecule has 0 atom stereocenters. The average molecular weight is 210 g/mol. The monoisotopic (exact) mass is 210 g/mol. The molecule has 0 aliphatic rings. The van der Waals surface area contributed by atoms with E-state index in [9.17, 15) is 13.6 Å². The van der Waals surface area contributed by atoms with Crippen molar-refractivity contribution in [2.24, 2.45) is 0 Å². The van der Waals surface area contributed by atoms with Crippen LogP contribution in [0.15, 0.2) is 23.0 Å². The summed E-state index contributed by atoms with van der Waals surface area (Å²) >= 11 is 0. The zero-order valence-corrected chi connectivity index (χ0v) is 7.28. The van der Waals surface area contributed by atoms with E-state index in [0.717, 1.165) is 18.5 Å². The molecule has 0 saturated heterocycles. The van der Waals surface area contributed by atoms with Gasteiger partial charge in [0.15, 0.2) is 17.9 Å². The number of carbonyl (C=O) groups is 1. The minimum absolute atomic E-state index is 0.0321. The van der Waals surface area contributed by atoms with Gasteiger partial charge < -0.3 is 4.52 Å². The molecule has 0 saturated carbocycles. The Bertz CT molecular complexity index is 497. The third kappa shape index (κ3) is 1.61. The highest BCUT2D eigenvalue weighted by Gasteiger charge is 2.13. The molecule has 6 heteroatoms. The molecule has 1 aromatic carbocycles. The maximum absolute atomic E-state index is 12.9. The Morgan fingerprint density at radius 2 is 2.00 bits per heavy atom. The molecule has 0 unspecified atom stereocenters. The van der Waals surface area contributed by atoms with E-state index in [0.29, 0.717) is 6.29 Å². The number of aldehydes is 1. The Balaban J connectivity index is 2.65. The Morgan fingerprint density at radius 3 is 2.60 bits per heavy atom. The fourth-order valence-electron chi connectivity index (χ4n) is 1.14. The van der Waals surface area contributed by atoms with Gasteiger partial charge in [-0.25, -0.2) is 8.78 Å². The van der Waals surface area contributed by atoms with Gasteiger partial charge in [-0.3, -0.25) is 4.79 Å². The number of aromatic nitrogens is 2. The summed E-state index contributed by atoms with van der Waals surface area (Å²) in [7, 11) is 0. The molecule has 0 bridgehead atoms. The van der Waals surface area contributed by atoms with Crippen LogP contribution in [0.4, 0.5) is 8.78 Å². The second kappa shape index (κ2) is 3.56. The minimum Gasteiger partial charge on any atom is -0.342 e. The first-order valence-corrected chi connectivity index (χ1v) is 3.93. The second-order valence-electron chi connectivity index (χ2n) is 2.73. The van der Waals surface area contributed by atoms with E-state index < -0.39 is 11.6 Å². The standard InChI is InChI=1S/C9H4F2N2O2/c10-7-1-5(3-14)6(2-8(7)11)9-12-4-15-13-9/h1-4H. The molecule has 1 heterocycles. The molecule has 0 aliphatic heterocycles. The smallest absolute Gasteiger partial charge is 0.214 e. The van der Waals surface area contributed by atoms with Crippen LogP contribution in [-0.4, -0.2) is 16.4 Å². The average Bonchev–Trinajstić information content (AvgIpc) is 2.74. The molecule has 0 fully saturated rings. The molecule has 4 nitrogen and oxygen atoms in total. The van der Waals surface area contributed by atoms with Crippen LogP contribution < -0.4 is 0 Å². The molecule has 0 N–H and O–H groups in total. The largest absolute Gasteiger partial charge is 0.342 e. The van der Waals surface area contributed by atoms with Crippen LogP contribution in [0.2, 0.25) is 0 Å². The number of nitrogens with zero attached hydrogens (tertiary/aromatic N) is 2. The van der Waals surface area contributed by atoms with Crippen molar-refractivity contribution in [1.29, 1.82) is 0 Å². The topological polar surface area (TPSA) is 56.0 Å². The van der Waals surface area contributed by atoms with Gasteiger partial charge in [0.2, 0.25) is 12.2 Å². The zero-order valence-electron chi connectivity index (χ0n) is 7.28. The summed E-state index contributed by atoms with van der Waals surface area (Å²) in [4.78, 5) is 14.3. The van der Waals surface area contributed by atoms with Crippen LogP contribution in [-0.2, 0) is 0 Å².